The van der Waals surface area contributed by atoms with Crippen molar-refractivity contribution >= 4 is 30.2 Å². The lowest BCUT2D eigenvalue weighted by Gasteiger charge is -2.25. The number of anilines is 1. The summed E-state index contributed by atoms with van der Waals surface area (Å²) in [5.41, 5.74) is 0.341. The van der Waals surface area contributed by atoms with Crippen LogP contribution in [0.5, 0.6) is 0 Å². The molecule has 2 rings (SSSR count). The summed E-state index contributed by atoms with van der Waals surface area (Å²) in [6.07, 6.45) is -6.45. The standard InChI is InChI=1S/C16H23F2NO7SSi/c1-27(21,22)26-14-16(17,18)13(12(24-14)10-23-28(2,3)4)25-15(20)19-11-8-6-5-7-9-11/h5-9,12-14H,10H2,1-4H3,(H,19,20). The molecule has 1 aliphatic rings. The van der Waals surface area contributed by atoms with Gasteiger partial charge in [-0.2, -0.15) is 17.2 Å². The maximum Gasteiger partial charge on any atom is 0.412 e. The summed E-state index contributed by atoms with van der Waals surface area (Å²) < 4.78 is 71.9. The SMILES string of the molecule is C[Si](C)(C)OCC1OC(OS(C)(=O)=O)C(F)(F)C1OC(=O)Nc1ccccc1. The van der Waals surface area contributed by atoms with Gasteiger partial charge < -0.3 is 13.9 Å². The molecular weight excluding hydrogens is 416 g/mol. The predicted molar refractivity (Wildman–Crippen MR) is 99.2 cm³/mol. The highest BCUT2D eigenvalue weighted by Gasteiger charge is 2.63. The molecule has 1 aliphatic heterocycles. The van der Waals surface area contributed by atoms with E-state index in [0.717, 1.165) is 0 Å². The molecule has 1 saturated heterocycles. The highest BCUT2D eigenvalue weighted by Crippen LogP contribution is 2.40. The monoisotopic (exact) mass is 439 g/mol. The number of ether oxygens (including phenoxy) is 2. The molecule has 1 heterocycles. The van der Waals surface area contributed by atoms with E-state index in [1.54, 1.807) is 30.3 Å². The molecule has 28 heavy (non-hydrogen) atoms. The van der Waals surface area contributed by atoms with Gasteiger partial charge in [0.1, 0.15) is 6.10 Å². The summed E-state index contributed by atoms with van der Waals surface area (Å²) >= 11 is 0. The van der Waals surface area contributed by atoms with Crippen molar-refractivity contribution in [3.8, 4) is 0 Å². The van der Waals surface area contributed by atoms with Crippen molar-refractivity contribution in [2.75, 3.05) is 18.2 Å². The van der Waals surface area contributed by atoms with E-state index in [1.807, 2.05) is 19.6 Å². The first-order chi connectivity index (χ1) is 12.8. The van der Waals surface area contributed by atoms with Crippen LogP contribution in [0.3, 0.4) is 0 Å². The van der Waals surface area contributed by atoms with Crippen LogP contribution >= 0.6 is 0 Å². The minimum absolute atomic E-state index is 0.307. The van der Waals surface area contributed by atoms with Crippen LogP contribution in [0, 0.1) is 0 Å². The third-order valence-corrected chi connectivity index (χ3v) is 5.08. The second-order valence-corrected chi connectivity index (χ2v) is 13.3. The fraction of sp³-hybridized carbons (Fsp3) is 0.562. The van der Waals surface area contributed by atoms with Crippen LogP contribution in [0.15, 0.2) is 30.3 Å². The van der Waals surface area contributed by atoms with E-state index in [9.17, 15) is 22.0 Å². The number of nitrogens with one attached hydrogen (secondary N) is 1. The van der Waals surface area contributed by atoms with Crippen LogP contribution in [-0.4, -0.2) is 60.1 Å². The van der Waals surface area contributed by atoms with Crippen LogP contribution < -0.4 is 5.32 Å². The van der Waals surface area contributed by atoms with Crippen molar-refractivity contribution in [1.29, 1.82) is 0 Å². The van der Waals surface area contributed by atoms with Crippen molar-refractivity contribution < 1.29 is 40.1 Å². The van der Waals surface area contributed by atoms with E-state index < -0.39 is 48.9 Å². The van der Waals surface area contributed by atoms with Gasteiger partial charge in [-0.05, 0) is 31.8 Å². The molecule has 1 amide bonds. The third-order valence-electron chi connectivity index (χ3n) is 3.53. The number of para-hydroxylation sites is 1. The minimum atomic E-state index is -4.24. The number of hydrogen-bond donors (Lipinski definition) is 1. The lowest BCUT2D eigenvalue weighted by Crippen LogP contribution is -2.46. The van der Waals surface area contributed by atoms with Crippen molar-refractivity contribution in [3.05, 3.63) is 30.3 Å². The molecular formula is C16H23F2NO7SSi. The molecule has 0 saturated carbocycles. The van der Waals surface area contributed by atoms with Crippen molar-refractivity contribution in [2.45, 2.75) is 44.1 Å². The number of rotatable bonds is 7. The number of carbonyl (C=O) groups is 1. The van der Waals surface area contributed by atoms with Crippen LogP contribution in [0.2, 0.25) is 19.6 Å². The van der Waals surface area contributed by atoms with Gasteiger partial charge in [0, 0.05) is 5.69 Å². The minimum Gasteiger partial charge on any atom is -0.436 e. The first-order valence-electron chi connectivity index (χ1n) is 8.36. The first-order valence-corrected chi connectivity index (χ1v) is 13.6. The quantitative estimate of drug-likeness (QED) is 0.515. The summed E-state index contributed by atoms with van der Waals surface area (Å²) in [5, 5.41) is 2.32. The average molecular weight is 440 g/mol. The van der Waals surface area contributed by atoms with Gasteiger partial charge in [0.2, 0.25) is 12.4 Å². The van der Waals surface area contributed by atoms with Gasteiger partial charge in [-0.15, -0.1) is 0 Å². The first kappa shape index (κ1) is 22.7. The third kappa shape index (κ3) is 6.48. The Hall–Kier alpha value is -1.60. The van der Waals surface area contributed by atoms with E-state index in [-0.39, 0.29) is 6.61 Å². The van der Waals surface area contributed by atoms with Crippen LogP contribution in [0.4, 0.5) is 19.3 Å². The van der Waals surface area contributed by atoms with Gasteiger partial charge in [-0.1, -0.05) is 18.2 Å². The molecule has 0 spiro atoms. The molecule has 0 radical (unpaired) electrons. The second kappa shape index (κ2) is 8.41. The number of amides is 1. The summed E-state index contributed by atoms with van der Waals surface area (Å²) in [6.45, 7) is 5.20. The summed E-state index contributed by atoms with van der Waals surface area (Å²) in [5.74, 6) is -3.91. The zero-order chi connectivity index (χ0) is 21.2. The van der Waals surface area contributed by atoms with Gasteiger partial charge in [-0.25, -0.2) is 8.98 Å². The van der Waals surface area contributed by atoms with E-state index >= 15 is 0 Å². The maximum absolute atomic E-state index is 14.7. The van der Waals surface area contributed by atoms with Crippen molar-refractivity contribution in [1.82, 2.24) is 0 Å². The van der Waals surface area contributed by atoms with E-state index in [4.69, 9.17) is 13.9 Å². The molecule has 0 aliphatic carbocycles. The molecule has 1 fully saturated rings. The fourth-order valence-electron chi connectivity index (χ4n) is 2.35. The Kier molecular flexibility index (Phi) is 6.81. The lowest BCUT2D eigenvalue weighted by atomic mass is 10.1. The highest BCUT2D eigenvalue weighted by molar-refractivity contribution is 7.86. The Morgan fingerprint density at radius 3 is 2.39 bits per heavy atom. The molecule has 1 N–H and O–H groups in total. The normalized spacial score (nSPS) is 24.7. The Labute approximate surface area is 163 Å². The number of carbonyl (C=O) groups excluding carboxylic acids is 1. The Morgan fingerprint density at radius 1 is 1.25 bits per heavy atom. The van der Waals surface area contributed by atoms with Crippen LogP contribution in [-0.2, 0) is 28.2 Å². The lowest BCUT2D eigenvalue weighted by molar-refractivity contribution is -0.182. The topological polar surface area (TPSA) is 100 Å². The summed E-state index contributed by atoms with van der Waals surface area (Å²) in [7, 11) is -6.35. The predicted octanol–water partition coefficient (Wildman–Crippen LogP) is 2.79. The zero-order valence-corrected chi connectivity index (χ0v) is 17.7. The summed E-state index contributed by atoms with van der Waals surface area (Å²) in [4.78, 5) is 12.1. The van der Waals surface area contributed by atoms with E-state index in [1.165, 1.54) is 0 Å². The van der Waals surface area contributed by atoms with Gasteiger partial charge in [0.25, 0.3) is 10.1 Å². The smallest absolute Gasteiger partial charge is 0.412 e. The maximum atomic E-state index is 14.7. The van der Waals surface area contributed by atoms with E-state index in [2.05, 4.69) is 9.50 Å². The van der Waals surface area contributed by atoms with Gasteiger partial charge in [0.05, 0.1) is 12.9 Å². The van der Waals surface area contributed by atoms with Gasteiger partial charge >= 0.3 is 12.0 Å². The van der Waals surface area contributed by atoms with Gasteiger partial charge in [-0.3, -0.25) is 5.32 Å². The number of benzene rings is 1. The molecule has 0 bridgehead atoms. The fourth-order valence-corrected chi connectivity index (χ4v) is 3.50. The summed E-state index contributed by atoms with van der Waals surface area (Å²) in [6, 6.07) is 8.09. The highest BCUT2D eigenvalue weighted by atomic mass is 32.2. The molecule has 3 unspecified atom stereocenters. The molecule has 8 nitrogen and oxygen atoms in total. The molecule has 1 aromatic rings. The molecule has 3 atom stereocenters. The van der Waals surface area contributed by atoms with Crippen molar-refractivity contribution in [3.63, 3.8) is 0 Å². The molecule has 0 aromatic heterocycles. The Balaban J connectivity index is 2.17. The van der Waals surface area contributed by atoms with Crippen molar-refractivity contribution in [2.24, 2.45) is 0 Å². The Morgan fingerprint density at radius 2 is 1.86 bits per heavy atom. The molecule has 158 valence electrons. The number of hydrogen-bond acceptors (Lipinski definition) is 7. The van der Waals surface area contributed by atoms with Crippen LogP contribution in [0.1, 0.15) is 0 Å². The molecule has 1 aromatic carbocycles. The van der Waals surface area contributed by atoms with E-state index in [0.29, 0.717) is 11.9 Å². The average Bonchev–Trinajstić information content (AvgIpc) is 2.75. The van der Waals surface area contributed by atoms with Gasteiger partial charge in [0.15, 0.2) is 8.32 Å². The molecule has 12 heteroatoms. The Bertz CT molecular complexity index is 786. The zero-order valence-electron chi connectivity index (χ0n) is 15.8. The number of halogens is 2. The van der Waals surface area contributed by atoms with Crippen LogP contribution in [0.25, 0.3) is 0 Å². The second-order valence-electron chi connectivity index (χ2n) is 7.22. The number of alkyl halides is 2. The largest absolute Gasteiger partial charge is 0.436 e.